The monoisotopic (exact) mass is 248 g/mol. The quantitative estimate of drug-likeness (QED) is 0.890. The van der Waals surface area contributed by atoms with Crippen LogP contribution < -0.4 is 5.73 Å². The molecule has 1 aliphatic carbocycles. The summed E-state index contributed by atoms with van der Waals surface area (Å²) in [6.45, 7) is 2.31. The van der Waals surface area contributed by atoms with Crippen molar-refractivity contribution in [3.8, 4) is 0 Å². The molecular formula is C15H24N2O. The third-order valence-electron chi connectivity index (χ3n) is 4.36. The number of ether oxygens (including phenoxy) is 1. The lowest BCUT2D eigenvalue weighted by molar-refractivity contribution is -0.0660. The maximum atomic E-state index is 6.41. The molecule has 100 valence electrons. The van der Waals surface area contributed by atoms with Gasteiger partial charge in [0.1, 0.15) is 0 Å². The van der Waals surface area contributed by atoms with E-state index in [1.807, 2.05) is 24.4 Å². The van der Waals surface area contributed by atoms with E-state index >= 15 is 0 Å². The normalized spacial score (nSPS) is 30.1. The summed E-state index contributed by atoms with van der Waals surface area (Å²) in [6.07, 6.45) is 7.18. The van der Waals surface area contributed by atoms with Crippen molar-refractivity contribution < 1.29 is 4.74 Å². The Morgan fingerprint density at radius 3 is 2.72 bits per heavy atom. The van der Waals surface area contributed by atoms with Crippen molar-refractivity contribution >= 4 is 0 Å². The van der Waals surface area contributed by atoms with Crippen LogP contribution in [0.25, 0.3) is 0 Å². The molecule has 1 aromatic heterocycles. The molecule has 0 spiro atoms. The van der Waals surface area contributed by atoms with Crippen molar-refractivity contribution in [1.29, 1.82) is 0 Å². The van der Waals surface area contributed by atoms with Crippen LogP contribution in [0, 0.1) is 5.92 Å². The Balaban J connectivity index is 2.03. The Labute approximate surface area is 110 Å². The van der Waals surface area contributed by atoms with E-state index < -0.39 is 0 Å². The third kappa shape index (κ3) is 2.90. The number of nitrogens with two attached hydrogens (primary N) is 1. The van der Waals surface area contributed by atoms with Gasteiger partial charge >= 0.3 is 0 Å². The minimum absolute atomic E-state index is 0.0323. The Morgan fingerprint density at radius 1 is 1.44 bits per heavy atom. The van der Waals surface area contributed by atoms with Gasteiger partial charge in [-0.3, -0.25) is 4.98 Å². The molecule has 18 heavy (non-hydrogen) atoms. The predicted octanol–water partition coefficient (Wildman–Crippen LogP) is 2.55. The Kier molecular flexibility index (Phi) is 4.36. The van der Waals surface area contributed by atoms with Crippen molar-refractivity contribution in [2.75, 3.05) is 7.11 Å². The third-order valence-corrected chi connectivity index (χ3v) is 4.36. The number of aromatic nitrogens is 1. The van der Waals surface area contributed by atoms with Crippen LogP contribution in [-0.4, -0.2) is 23.7 Å². The number of methoxy groups -OCH3 is 1. The molecule has 1 heterocycles. The molecule has 0 saturated heterocycles. The van der Waals surface area contributed by atoms with E-state index in [-0.39, 0.29) is 11.6 Å². The van der Waals surface area contributed by atoms with Gasteiger partial charge in [0.25, 0.3) is 0 Å². The first-order valence-electron chi connectivity index (χ1n) is 6.87. The Bertz CT molecular complexity index is 358. The van der Waals surface area contributed by atoms with Crippen molar-refractivity contribution in [2.24, 2.45) is 11.7 Å². The summed E-state index contributed by atoms with van der Waals surface area (Å²) in [6, 6.07) is 6.01. The van der Waals surface area contributed by atoms with E-state index in [2.05, 4.69) is 11.9 Å². The molecule has 0 aromatic carbocycles. The molecule has 1 aromatic rings. The lowest BCUT2D eigenvalue weighted by Crippen LogP contribution is -2.52. The van der Waals surface area contributed by atoms with Crippen LogP contribution in [0.15, 0.2) is 24.4 Å². The minimum atomic E-state index is -0.149. The lowest BCUT2D eigenvalue weighted by Gasteiger charge is -2.42. The van der Waals surface area contributed by atoms with E-state index in [4.69, 9.17) is 10.5 Å². The number of nitrogens with zero attached hydrogens (tertiary/aromatic N) is 1. The second kappa shape index (κ2) is 5.81. The topological polar surface area (TPSA) is 48.1 Å². The number of hydrogen-bond donors (Lipinski definition) is 1. The molecule has 0 amide bonds. The maximum Gasteiger partial charge on any atom is 0.0832 e. The van der Waals surface area contributed by atoms with Gasteiger partial charge in [-0.25, -0.2) is 0 Å². The van der Waals surface area contributed by atoms with E-state index in [0.29, 0.717) is 0 Å². The van der Waals surface area contributed by atoms with Crippen molar-refractivity contribution in [2.45, 2.75) is 50.7 Å². The summed E-state index contributed by atoms with van der Waals surface area (Å²) < 4.78 is 5.81. The number of rotatable bonds is 4. The number of hydrogen-bond acceptors (Lipinski definition) is 3. The lowest BCUT2D eigenvalue weighted by atomic mass is 9.74. The van der Waals surface area contributed by atoms with Gasteiger partial charge < -0.3 is 10.5 Å². The van der Waals surface area contributed by atoms with Gasteiger partial charge in [0.05, 0.1) is 5.60 Å². The van der Waals surface area contributed by atoms with Crippen molar-refractivity contribution in [3.63, 3.8) is 0 Å². The summed E-state index contributed by atoms with van der Waals surface area (Å²) >= 11 is 0. The van der Waals surface area contributed by atoms with Crippen LogP contribution >= 0.6 is 0 Å². The van der Waals surface area contributed by atoms with E-state index in [9.17, 15) is 0 Å². The first-order valence-corrected chi connectivity index (χ1v) is 6.87. The summed E-state index contributed by atoms with van der Waals surface area (Å²) in [5.74, 6) is 0.801. The standard InChI is InChI=1S/C15H24N2O/c1-12-6-8-15(18-2,9-7-12)14(16)11-13-5-3-4-10-17-13/h3-5,10,12,14H,6-9,11,16H2,1-2H3. The average Bonchev–Trinajstić information content (AvgIpc) is 2.41. The fraction of sp³-hybridized carbons (Fsp3) is 0.667. The molecule has 0 bridgehead atoms. The van der Waals surface area contributed by atoms with Crippen molar-refractivity contribution in [3.05, 3.63) is 30.1 Å². The molecule has 3 heteroatoms. The van der Waals surface area contributed by atoms with E-state index in [1.165, 1.54) is 12.8 Å². The Hall–Kier alpha value is -0.930. The van der Waals surface area contributed by atoms with Gasteiger partial charge in [0, 0.05) is 31.5 Å². The van der Waals surface area contributed by atoms with Gasteiger partial charge in [0.15, 0.2) is 0 Å². The maximum absolute atomic E-state index is 6.41. The average molecular weight is 248 g/mol. The second-order valence-corrected chi connectivity index (χ2v) is 5.58. The SMILES string of the molecule is COC1(C(N)Cc2ccccn2)CCC(C)CC1. The summed E-state index contributed by atoms with van der Waals surface area (Å²) in [5, 5.41) is 0. The molecule has 2 N–H and O–H groups in total. The molecule has 0 aliphatic heterocycles. The Morgan fingerprint density at radius 2 is 2.17 bits per heavy atom. The van der Waals surface area contributed by atoms with Gasteiger partial charge in [-0.1, -0.05) is 13.0 Å². The smallest absolute Gasteiger partial charge is 0.0832 e. The van der Waals surface area contributed by atoms with Crippen LogP contribution in [0.5, 0.6) is 0 Å². The highest BCUT2D eigenvalue weighted by molar-refractivity contribution is 5.08. The largest absolute Gasteiger partial charge is 0.377 e. The molecule has 2 rings (SSSR count). The number of pyridine rings is 1. The molecular weight excluding hydrogens is 224 g/mol. The van der Waals surface area contributed by atoms with Gasteiger partial charge in [-0.2, -0.15) is 0 Å². The highest BCUT2D eigenvalue weighted by Gasteiger charge is 2.39. The summed E-state index contributed by atoms with van der Waals surface area (Å²) in [7, 11) is 1.80. The summed E-state index contributed by atoms with van der Waals surface area (Å²) in [4.78, 5) is 4.36. The first kappa shape index (κ1) is 13.5. The molecule has 1 aliphatic rings. The highest BCUT2D eigenvalue weighted by atomic mass is 16.5. The van der Waals surface area contributed by atoms with Gasteiger partial charge in [0.2, 0.25) is 0 Å². The van der Waals surface area contributed by atoms with Crippen LogP contribution in [0.4, 0.5) is 0 Å². The molecule has 3 nitrogen and oxygen atoms in total. The van der Waals surface area contributed by atoms with Crippen LogP contribution in [0.3, 0.4) is 0 Å². The van der Waals surface area contributed by atoms with E-state index in [1.54, 1.807) is 7.11 Å². The highest BCUT2D eigenvalue weighted by Crippen LogP contribution is 2.36. The molecule has 1 atom stereocenters. The zero-order valence-electron chi connectivity index (χ0n) is 11.4. The first-order chi connectivity index (χ1) is 8.66. The van der Waals surface area contributed by atoms with Gasteiger partial charge in [-0.15, -0.1) is 0 Å². The fourth-order valence-electron chi connectivity index (χ4n) is 2.91. The van der Waals surface area contributed by atoms with Gasteiger partial charge in [-0.05, 0) is 43.7 Å². The second-order valence-electron chi connectivity index (χ2n) is 5.58. The molecule has 1 fully saturated rings. The summed E-state index contributed by atoms with van der Waals surface area (Å²) in [5.41, 5.74) is 7.31. The minimum Gasteiger partial charge on any atom is -0.377 e. The molecule has 0 radical (unpaired) electrons. The van der Waals surface area contributed by atoms with Crippen molar-refractivity contribution in [1.82, 2.24) is 4.98 Å². The fourth-order valence-corrected chi connectivity index (χ4v) is 2.91. The molecule has 1 unspecified atom stereocenters. The van der Waals surface area contributed by atoms with E-state index in [0.717, 1.165) is 30.9 Å². The predicted molar refractivity (Wildman–Crippen MR) is 73.3 cm³/mol. The zero-order chi connectivity index (χ0) is 13.0. The van der Waals surface area contributed by atoms with Crippen LogP contribution in [0.1, 0.15) is 38.3 Å². The van der Waals surface area contributed by atoms with Crippen LogP contribution in [-0.2, 0) is 11.2 Å². The zero-order valence-corrected chi connectivity index (χ0v) is 11.4. The van der Waals surface area contributed by atoms with Crippen LogP contribution in [0.2, 0.25) is 0 Å². The molecule has 1 saturated carbocycles.